The SMILES string of the molecule is C#CCOCCOCCOCCOCCN(Cc1ccc(C)cc1C)c1nc(Cl)nc2c1cnn2[C@@H]1O[C@H](COP(=O)(O)CP(=O)(O)O)[C@@H](O)[C@H]1O. The zero-order chi connectivity index (χ0) is 37.9. The molecule has 1 saturated heterocycles. The minimum absolute atomic E-state index is 0.138. The quantitative estimate of drug-likeness (QED) is 0.0422. The summed E-state index contributed by atoms with van der Waals surface area (Å²) in [5.74, 6) is 1.38. The van der Waals surface area contributed by atoms with Crippen molar-refractivity contribution in [1.82, 2.24) is 19.7 Å². The second-order valence-corrected chi connectivity index (χ2v) is 16.2. The van der Waals surface area contributed by atoms with Gasteiger partial charge in [-0.1, -0.05) is 29.7 Å². The summed E-state index contributed by atoms with van der Waals surface area (Å²) < 4.78 is 57.1. The Balaban J connectivity index is 1.45. The molecule has 1 aromatic carbocycles. The number of rotatable bonds is 22. The van der Waals surface area contributed by atoms with E-state index in [1.165, 1.54) is 10.9 Å². The number of hydrogen-bond donors (Lipinski definition) is 5. The molecule has 1 aliphatic heterocycles. The molecular formula is C31H44ClN5O13P2. The second kappa shape index (κ2) is 19.7. The Kier molecular flexibility index (Phi) is 16.0. The first-order chi connectivity index (χ1) is 24.7. The zero-order valence-corrected chi connectivity index (χ0v) is 31.2. The van der Waals surface area contributed by atoms with Crippen LogP contribution in [0, 0.1) is 26.2 Å². The molecule has 1 unspecified atom stereocenters. The normalized spacial score (nSPS) is 20.3. The van der Waals surface area contributed by atoms with Gasteiger partial charge in [0.05, 0.1) is 64.4 Å². The first-order valence-electron chi connectivity index (χ1n) is 16.2. The van der Waals surface area contributed by atoms with Crippen LogP contribution in [0.3, 0.4) is 0 Å². The highest BCUT2D eigenvalue weighted by Gasteiger charge is 2.46. The number of aromatic nitrogens is 4. The van der Waals surface area contributed by atoms with Gasteiger partial charge in [-0.2, -0.15) is 15.1 Å². The summed E-state index contributed by atoms with van der Waals surface area (Å²) in [6, 6.07) is 6.11. The van der Waals surface area contributed by atoms with Crippen LogP contribution in [0.4, 0.5) is 5.82 Å². The first kappa shape index (κ1) is 42.2. The van der Waals surface area contributed by atoms with Gasteiger partial charge in [0, 0.05) is 13.1 Å². The molecule has 3 aromatic rings. The molecule has 1 fully saturated rings. The van der Waals surface area contributed by atoms with E-state index in [2.05, 4.69) is 27.1 Å². The van der Waals surface area contributed by atoms with Gasteiger partial charge in [0.25, 0.3) is 0 Å². The fraction of sp³-hybridized carbons (Fsp3) is 0.581. The van der Waals surface area contributed by atoms with E-state index in [1.54, 1.807) is 0 Å². The van der Waals surface area contributed by atoms with Crippen molar-refractivity contribution < 1.29 is 62.2 Å². The van der Waals surface area contributed by atoms with E-state index < -0.39 is 52.2 Å². The number of anilines is 1. The number of hydrogen-bond acceptors (Lipinski definition) is 14. The summed E-state index contributed by atoms with van der Waals surface area (Å²) in [6.45, 7) is 6.89. The second-order valence-electron chi connectivity index (χ2n) is 11.9. The maximum absolute atomic E-state index is 12.1. The van der Waals surface area contributed by atoms with Crippen LogP contribution in [0.5, 0.6) is 0 Å². The van der Waals surface area contributed by atoms with E-state index in [4.69, 9.17) is 56.0 Å². The molecule has 0 saturated carbocycles. The molecule has 4 rings (SSSR count). The molecule has 0 amide bonds. The molecule has 1 aliphatic rings. The third-order valence-corrected chi connectivity index (χ3v) is 11.4. The van der Waals surface area contributed by atoms with Crippen LogP contribution >= 0.6 is 26.8 Å². The van der Waals surface area contributed by atoms with Gasteiger partial charge < -0.3 is 58.0 Å². The lowest BCUT2D eigenvalue weighted by molar-refractivity contribution is -0.0541. The molecule has 5 atom stereocenters. The van der Waals surface area contributed by atoms with Crippen molar-refractivity contribution in [3.63, 3.8) is 0 Å². The minimum atomic E-state index is -4.88. The van der Waals surface area contributed by atoms with Gasteiger partial charge >= 0.3 is 15.2 Å². The summed E-state index contributed by atoms with van der Waals surface area (Å²) in [5, 5.41) is 26.2. The van der Waals surface area contributed by atoms with Crippen molar-refractivity contribution in [2.45, 2.75) is 44.9 Å². The predicted molar refractivity (Wildman–Crippen MR) is 188 cm³/mol. The molecule has 52 heavy (non-hydrogen) atoms. The lowest BCUT2D eigenvalue weighted by atomic mass is 10.1. The topological polar surface area (TPSA) is 238 Å². The Hall–Kier alpha value is -2.56. The van der Waals surface area contributed by atoms with Gasteiger partial charge in [0.15, 0.2) is 17.8 Å². The van der Waals surface area contributed by atoms with Crippen LogP contribution in [0.15, 0.2) is 24.4 Å². The minimum Gasteiger partial charge on any atom is -0.387 e. The third kappa shape index (κ3) is 12.5. The van der Waals surface area contributed by atoms with Crippen LogP contribution in [-0.4, -0.2) is 135 Å². The molecule has 18 nitrogen and oxygen atoms in total. The molecule has 21 heteroatoms. The maximum Gasteiger partial charge on any atom is 0.340 e. The Bertz CT molecular complexity index is 1760. The maximum atomic E-state index is 12.1. The molecule has 0 bridgehead atoms. The van der Waals surface area contributed by atoms with Crippen molar-refractivity contribution >= 4 is 43.6 Å². The average Bonchev–Trinajstić information content (AvgIpc) is 3.60. The van der Waals surface area contributed by atoms with Gasteiger partial charge in [-0.3, -0.25) is 9.13 Å². The first-order valence-corrected chi connectivity index (χ1v) is 20.1. The van der Waals surface area contributed by atoms with Crippen LogP contribution in [0.2, 0.25) is 5.28 Å². The number of aryl methyl sites for hydroxylation is 2. The smallest absolute Gasteiger partial charge is 0.340 e. The molecule has 0 aliphatic carbocycles. The number of fused-ring (bicyclic) bond motifs is 1. The van der Waals surface area contributed by atoms with E-state index in [1.807, 2.05) is 30.9 Å². The molecule has 5 N–H and O–H groups in total. The van der Waals surface area contributed by atoms with E-state index in [9.17, 15) is 24.2 Å². The molecule has 3 heterocycles. The summed E-state index contributed by atoms with van der Waals surface area (Å²) in [4.78, 5) is 38.7. The van der Waals surface area contributed by atoms with Crippen molar-refractivity contribution in [3.05, 3.63) is 46.4 Å². The Morgan fingerprint density at radius 3 is 2.27 bits per heavy atom. The summed E-state index contributed by atoms with van der Waals surface area (Å²) in [7, 11) is -9.63. The van der Waals surface area contributed by atoms with Crippen LogP contribution in [-0.2, 0) is 43.9 Å². The standard InChI is InChI=1S/C31H44ClN5O13P2/c1-4-8-45-10-12-47-14-15-48-13-11-46-9-7-36(18-23-6-5-21(2)16-22(23)3)28-24-17-33-37(29(24)35-31(32)34-28)30-27(39)26(38)25(50-30)19-49-52(43,44)20-51(40,41)42/h1,5-6,16-17,25-27,30,38-39H,7-15,18-20H2,2-3H3,(H,43,44)(H2,40,41,42)/t25-,26-,27-,30-/m1/s1. The van der Waals surface area contributed by atoms with Gasteiger partial charge in [0.2, 0.25) is 5.28 Å². The Labute approximate surface area is 305 Å². The van der Waals surface area contributed by atoms with Crippen LogP contribution in [0.25, 0.3) is 11.0 Å². The highest BCUT2D eigenvalue weighted by Crippen LogP contribution is 2.55. The molecular weight excluding hydrogens is 748 g/mol. The summed E-state index contributed by atoms with van der Waals surface area (Å²) in [6.07, 6.45) is 0.662. The van der Waals surface area contributed by atoms with E-state index in [-0.39, 0.29) is 17.5 Å². The van der Waals surface area contributed by atoms with Gasteiger partial charge in [-0.05, 0) is 36.6 Å². The van der Waals surface area contributed by atoms with Crippen molar-refractivity contribution in [1.29, 1.82) is 0 Å². The van der Waals surface area contributed by atoms with Crippen LogP contribution in [0.1, 0.15) is 22.9 Å². The molecule has 288 valence electrons. The lowest BCUT2D eigenvalue weighted by Crippen LogP contribution is -2.33. The largest absolute Gasteiger partial charge is 0.387 e. The highest BCUT2D eigenvalue weighted by atomic mass is 35.5. The molecule has 0 spiro atoms. The van der Waals surface area contributed by atoms with E-state index >= 15 is 0 Å². The summed E-state index contributed by atoms with van der Waals surface area (Å²) >= 11 is 6.43. The molecule has 0 radical (unpaired) electrons. The lowest BCUT2D eigenvalue weighted by Gasteiger charge is -2.25. The average molecular weight is 792 g/mol. The number of benzene rings is 1. The Morgan fingerprint density at radius 2 is 1.63 bits per heavy atom. The predicted octanol–water partition coefficient (Wildman–Crippen LogP) is 1.76. The third-order valence-electron chi connectivity index (χ3n) is 7.75. The van der Waals surface area contributed by atoms with Crippen molar-refractivity contribution in [2.75, 3.05) is 76.8 Å². The number of ether oxygens (including phenoxy) is 5. The zero-order valence-electron chi connectivity index (χ0n) is 28.7. The number of halogens is 1. The number of terminal acetylenes is 1. The molecule has 2 aromatic heterocycles. The summed E-state index contributed by atoms with van der Waals surface area (Å²) in [5.41, 5.74) is 3.35. The van der Waals surface area contributed by atoms with Crippen molar-refractivity contribution in [3.8, 4) is 12.3 Å². The van der Waals surface area contributed by atoms with E-state index in [0.29, 0.717) is 70.5 Å². The van der Waals surface area contributed by atoms with Gasteiger partial charge in [-0.15, -0.1) is 6.42 Å². The number of aliphatic hydroxyl groups excluding tert-OH is 2. The number of aliphatic hydroxyl groups is 2. The fourth-order valence-corrected chi connectivity index (χ4v) is 8.03. The monoisotopic (exact) mass is 791 g/mol. The number of nitrogens with zero attached hydrogens (tertiary/aromatic N) is 5. The fourth-order valence-electron chi connectivity index (χ4n) is 5.30. The van der Waals surface area contributed by atoms with Crippen molar-refractivity contribution in [2.24, 2.45) is 0 Å². The Morgan fingerprint density at radius 1 is 0.981 bits per heavy atom. The van der Waals surface area contributed by atoms with Gasteiger partial charge in [0.1, 0.15) is 30.7 Å². The highest BCUT2D eigenvalue weighted by molar-refractivity contribution is 7.70. The van der Waals surface area contributed by atoms with Crippen LogP contribution < -0.4 is 4.90 Å². The van der Waals surface area contributed by atoms with E-state index in [0.717, 1.165) is 16.7 Å². The van der Waals surface area contributed by atoms with Gasteiger partial charge in [-0.25, -0.2) is 4.68 Å².